The van der Waals surface area contributed by atoms with Crippen molar-refractivity contribution < 1.29 is 9.90 Å². The van der Waals surface area contributed by atoms with E-state index in [0.717, 1.165) is 18.5 Å². The molecule has 2 N–H and O–H groups in total. The normalized spacial score (nSPS) is 27.5. The van der Waals surface area contributed by atoms with Crippen molar-refractivity contribution in [3.05, 3.63) is 35.4 Å². The molecule has 1 aliphatic heterocycles. The van der Waals surface area contributed by atoms with Crippen molar-refractivity contribution in [2.75, 3.05) is 6.54 Å². The zero-order valence-electron chi connectivity index (χ0n) is 12.2. The van der Waals surface area contributed by atoms with Crippen LogP contribution in [0.1, 0.15) is 51.2 Å². The minimum absolute atomic E-state index is 0.0408. The Hall–Kier alpha value is -1.35. The van der Waals surface area contributed by atoms with Crippen molar-refractivity contribution in [2.24, 2.45) is 0 Å². The highest BCUT2D eigenvalue weighted by atomic mass is 16.4. The summed E-state index contributed by atoms with van der Waals surface area (Å²) in [5, 5.41) is 12.6. The summed E-state index contributed by atoms with van der Waals surface area (Å²) in [7, 11) is 0. The van der Waals surface area contributed by atoms with Crippen molar-refractivity contribution in [1.82, 2.24) is 5.32 Å². The second-order valence-electron chi connectivity index (χ2n) is 6.65. The number of nitrogens with one attached hydrogen (secondary N) is 1. The van der Waals surface area contributed by atoms with Crippen LogP contribution >= 0.6 is 0 Å². The maximum Gasteiger partial charge on any atom is 0.324 e. The summed E-state index contributed by atoms with van der Waals surface area (Å²) in [4.78, 5) is 11.5. The number of carboxylic acid groups (broad SMARTS) is 1. The fraction of sp³-hybridized carbons (Fsp3) is 0.562. The molecule has 0 aliphatic carbocycles. The molecular formula is C16H23NO2. The van der Waals surface area contributed by atoms with Gasteiger partial charge in [0.05, 0.1) is 0 Å². The molecule has 1 saturated heterocycles. The standard InChI is InChI=1S/C16H23NO2/c1-15(2,3)12-7-5-11(6-8-12)13-9-10-17-16(13,4)14(18)19/h5-8,13,17H,9-10H2,1-4H3,(H,18,19)/t13?,16-/m0/s1. The average Bonchev–Trinajstić information content (AvgIpc) is 2.72. The summed E-state index contributed by atoms with van der Waals surface area (Å²) in [6.07, 6.45) is 0.873. The lowest BCUT2D eigenvalue weighted by Gasteiger charge is -2.28. The highest BCUT2D eigenvalue weighted by Gasteiger charge is 2.45. The summed E-state index contributed by atoms with van der Waals surface area (Å²) in [5.74, 6) is -0.728. The summed E-state index contributed by atoms with van der Waals surface area (Å²) in [6.45, 7) is 9.08. The van der Waals surface area contributed by atoms with E-state index in [4.69, 9.17) is 0 Å². The van der Waals surface area contributed by atoms with Gasteiger partial charge >= 0.3 is 5.97 Å². The van der Waals surface area contributed by atoms with Crippen molar-refractivity contribution in [3.63, 3.8) is 0 Å². The molecule has 1 unspecified atom stereocenters. The van der Waals surface area contributed by atoms with Crippen LogP contribution in [0.4, 0.5) is 0 Å². The van der Waals surface area contributed by atoms with Crippen LogP contribution in [0.3, 0.4) is 0 Å². The van der Waals surface area contributed by atoms with Gasteiger partial charge in [0.25, 0.3) is 0 Å². The van der Waals surface area contributed by atoms with Gasteiger partial charge in [0, 0.05) is 5.92 Å². The molecule has 2 atom stereocenters. The van der Waals surface area contributed by atoms with Crippen LogP contribution in [-0.4, -0.2) is 23.2 Å². The fourth-order valence-corrected chi connectivity index (χ4v) is 2.83. The molecule has 1 aromatic rings. The Balaban J connectivity index is 2.30. The molecular weight excluding hydrogens is 238 g/mol. The quantitative estimate of drug-likeness (QED) is 0.860. The molecule has 0 radical (unpaired) electrons. The van der Waals surface area contributed by atoms with Crippen molar-refractivity contribution in [1.29, 1.82) is 0 Å². The zero-order chi connectivity index (χ0) is 14.3. The van der Waals surface area contributed by atoms with Gasteiger partial charge in [-0.15, -0.1) is 0 Å². The topological polar surface area (TPSA) is 49.3 Å². The molecule has 0 saturated carbocycles. The van der Waals surface area contributed by atoms with E-state index in [1.54, 1.807) is 6.92 Å². The molecule has 0 bridgehead atoms. The van der Waals surface area contributed by atoms with Gasteiger partial charge in [-0.3, -0.25) is 4.79 Å². The highest BCUT2D eigenvalue weighted by molar-refractivity contribution is 5.80. The first kappa shape index (κ1) is 14.1. The average molecular weight is 261 g/mol. The molecule has 0 amide bonds. The van der Waals surface area contributed by atoms with E-state index >= 15 is 0 Å². The minimum atomic E-state index is -0.844. The van der Waals surface area contributed by atoms with E-state index in [1.807, 2.05) is 0 Å². The van der Waals surface area contributed by atoms with Gasteiger partial charge in [-0.1, -0.05) is 45.0 Å². The lowest BCUT2D eigenvalue weighted by atomic mass is 9.80. The summed E-state index contributed by atoms with van der Waals surface area (Å²) in [6, 6.07) is 8.41. The number of hydrogen-bond acceptors (Lipinski definition) is 2. The maximum atomic E-state index is 11.5. The Bertz CT molecular complexity index is 473. The minimum Gasteiger partial charge on any atom is -0.480 e. The number of hydrogen-bond donors (Lipinski definition) is 2. The summed E-state index contributed by atoms with van der Waals surface area (Å²) < 4.78 is 0. The Morgan fingerprint density at radius 3 is 2.37 bits per heavy atom. The van der Waals surface area contributed by atoms with Crippen LogP contribution in [0.25, 0.3) is 0 Å². The lowest BCUT2D eigenvalue weighted by Crippen LogP contribution is -2.48. The van der Waals surface area contributed by atoms with E-state index in [9.17, 15) is 9.90 Å². The molecule has 1 heterocycles. The first-order valence-electron chi connectivity index (χ1n) is 6.84. The Morgan fingerprint density at radius 2 is 1.89 bits per heavy atom. The molecule has 3 nitrogen and oxygen atoms in total. The molecule has 0 spiro atoms. The van der Waals surface area contributed by atoms with Gasteiger partial charge in [-0.2, -0.15) is 0 Å². The third-order valence-corrected chi connectivity index (χ3v) is 4.25. The van der Waals surface area contributed by atoms with Crippen LogP contribution in [0.5, 0.6) is 0 Å². The highest BCUT2D eigenvalue weighted by Crippen LogP contribution is 2.36. The van der Waals surface area contributed by atoms with Crippen LogP contribution in [0.15, 0.2) is 24.3 Å². The van der Waals surface area contributed by atoms with Gasteiger partial charge in [-0.25, -0.2) is 0 Å². The first-order chi connectivity index (χ1) is 8.75. The van der Waals surface area contributed by atoms with Crippen molar-refractivity contribution in [3.8, 4) is 0 Å². The van der Waals surface area contributed by atoms with Crippen LogP contribution < -0.4 is 5.32 Å². The molecule has 19 heavy (non-hydrogen) atoms. The monoisotopic (exact) mass is 261 g/mol. The number of carboxylic acids is 1. The van der Waals surface area contributed by atoms with E-state index < -0.39 is 11.5 Å². The molecule has 3 heteroatoms. The lowest BCUT2D eigenvalue weighted by molar-refractivity contribution is -0.144. The van der Waals surface area contributed by atoms with Crippen LogP contribution in [-0.2, 0) is 10.2 Å². The Morgan fingerprint density at radius 1 is 1.32 bits per heavy atom. The van der Waals surface area contributed by atoms with Crippen molar-refractivity contribution in [2.45, 2.75) is 51.0 Å². The molecule has 1 aliphatic rings. The smallest absolute Gasteiger partial charge is 0.324 e. The molecule has 104 valence electrons. The molecule has 2 rings (SSSR count). The second-order valence-corrected chi connectivity index (χ2v) is 6.65. The van der Waals surface area contributed by atoms with Crippen molar-refractivity contribution >= 4 is 5.97 Å². The molecule has 1 fully saturated rings. The van der Waals surface area contributed by atoms with Gasteiger partial charge in [0.1, 0.15) is 5.54 Å². The maximum absolute atomic E-state index is 11.5. The predicted molar refractivity (Wildman–Crippen MR) is 76.5 cm³/mol. The number of rotatable bonds is 2. The summed E-state index contributed by atoms with van der Waals surface area (Å²) >= 11 is 0. The third kappa shape index (κ3) is 2.52. The molecule has 0 aromatic heterocycles. The fourth-order valence-electron chi connectivity index (χ4n) is 2.83. The van der Waals surface area contributed by atoms with Gasteiger partial charge in [0.15, 0.2) is 0 Å². The van der Waals surface area contributed by atoms with E-state index in [0.29, 0.717) is 0 Å². The summed E-state index contributed by atoms with van der Waals surface area (Å²) in [5.41, 5.74) is 1.67. The van der Waals surface area contributed by atoms with Crippen LogP contribution in [0.2, 0.25) is 0 Å². The third-order valence-electron chi connectivity index (χ3n) is 4.25. The van der Waals surface area contributed by atoms with Gasteiger partial charge in [-0.05, 0) is 36.4 Å². The Kier molecular flexibility index (Phi) is 3.43. The van der Waals surface area contributed by atoms with E-state index in [-0.39, 0.29) is 11.3 Å². The largest absolute Gasteiger partial charge is 0.480 e. The predicted octanol–water partition coefficient (Wildman–Crippen LogP) is 2.90. The number of benzene rings is 1. The second kappa shape index (κ2) is 4.64. The van der Waals surface area contributed by atoms with Gasteiger partial charge < -0.3 is 10.4 Å². The Labute approximate surface area is 115 Å². The SMILES string of the molecule is CC(C)(C)c1ccc(C2CCN[C@]2(C)C(=O)O)cc1. The number of aliphatic carboxylic acids is 1. The molecule has 1 aromatic carbocycles. The van der Waals surface area contributed by atoms with Crippen LogP contribution in [0, 0.1) is 0 Å². The van der Waals surface area contributed by atoms with Gasteiger partial charge in [0.2, 0.25) is 0 Å². The number of carbonyl (C=O) groups is 1. The van der Waals surface area contributed by atoms with E-state index in [1.165, 1.54) is 5.56 Å². The van der Waals surface area contributed by atoms with E-state index in [2.05, 4.69) is 50.4 Å². The zero-order valence-corrected chi connectivity index (χ0v) is 12.2. The first-order valence-corrected chi connectivity index (χ1v) is 6.84.